The molecule has 2 N–H and O–H groups in total. The number of aryl methyl sites for hydroxylation is 2. The normalized spacial score (nSPS) is 13.7. The van der Waals surface area contributed by atoms with Gasteiger partial charge in [0, 0.05) is 36.4 Å². The molecule has 0 aromatic carbocycles. The van der Waals surface area contributed by atoms with Crippen molar-refractivity contribution in [3.63, 3.8) is 0 Å². The largest absolute Gasteiger partial charge is 0.516 e. The van der Waals surface area contributed by atoms with Gasteiger partial charge in [0.15, 0.2) is 12.4 Å². The van der Waals surface area contributed by atoms with Crippen LogP contribution in [0.1, 0.15) is 11.4 Å². The molecule has 0 amide bonds. The Morgan fingerprint density at radius 2 is 1.00 bits per heavy atom. The first kappa shape index (κ1) is 30.4. The average molecular weight is 589 g/mol. The summed E-state index contributed by atoms with van der Waals surface area (Å²) < 4.78 is 129. The first-order chi connectivity index (χ1) is 17.3. The minimum atomic E-state index is -6.30. The van der Waals surface area contributed by atoms with Gasteiger partial charge >= 0.3 is 31.1 Å². The van der Waals surface area contributed by atoms with Gasteiger partial charge in [0.25, 0.3) is 11.6 Å². The summed E-state index contributed by atoms with van der Waals surface area (Å²) in [5, 5.41) is 0. The van der Waals surface area contributed by atoms with Gasteiger partial charge in [-0.1, -0.05) is 0 Å². The molecule has 0 aliphatic carbocycles. The van der Waals surface area contributed by atoms with Crippen molar-refractivity contribution in [2.24, 2.45) is 14.1 Å². The number of rotatable bonds is 9. The number of nitrogens with zero attached hydrogens (tertiary/aromatic N) is 2. The van der Waals surface area contributed by atoms with E-state index in [9.17, 15) is 52.8 Å². The van der Waals surface area contributed by atoms with Gasteiger partial charge in [0.1, 0.15) is 25.5 Å². The molecule has 0 spiro atoms. The van der Waals surface area contributed by atoms with Crippen molar-refractivity contribution in [3.8, 4) is 0 Å². The fraction of sp³-hybridized carbons (Fsp3) is 0.200. The zero-order chi connectivity index (χ0) is 29.1. The Morgan fingerprint density at radius 3 is 1.26 bits per heavy atom. The summed E-state index contributed by atoms with van der Waals surface area (Å²) in [5.74, 6) is -4.20. The Bertz CT molecular complexity index is 1420. The second-order valence-electron chi connectivity index (χ2n) is 7.35. The van der Waals surface area contributed by atoms with E-state index in [1.807, 2.05) is 0 Å². The molecule has 2 aromatic heterocycles. The SMILES string of the molecule is C[n+]1ccccc1C=C(NS(=O)(=O)C(F)(F)F)C(=O)C(=O)C(=Cc1cccc[n+]1C)NS(=O)(=O)C(F)(F)F. The molecule has 0 saturated carbocycles. The van der Waals surface area contributed by atoms with Crippen molar-refractivity contribution in [1.82, 2.24) is 9.44 Å². The lowest BCUT2D eigenvalue weighted by Gasteiger charge is -2.15. The summed E-state index contributed by atoms with van der Waals surface area (Å²) in [5.41, 5.74) is -15.2. The third-order valence-corrected chi connectivity index (χ3v) is 6.76. The highest BCUT2D eigenvalue weighted by Gasteiger charge is 2.49. The van der Waals surface area contributed by atoms with Crippen LogP contribution in [0, 0.1) is 0 Å². The Morgan fingerprint density at radius 1 is 0.684 bits per heavy atom. The Labute approximate surface area is 212 Å². The van der Waals surface area contributed by atoms with Gasteiger partial charge in [-0.25, -0.2) is 9.13 Å². The molecule has 0 atom stereocenters. The second kappa shape index (κ2) is 10.9. The molecule has 0 bridgehead atoms. The van der Waals surface area contributed by atoms with Crippen LogP contribution in [-0.2, 0) is 43.7 Å². The molecule has 2 aromatic rings. The number of sulfonamides is 2. The van der Waals surface area contributed by atoms with Crippen molar-refractivity contribution in [2.45, 2.75) is 11.0 Å². The van der Waals surface area contributed by atoms with Crippen molar-refractivity contribution < 1.29 is 61.9 Å². The number of aromatic nitrogens is 2. The molecule has 0 aliphatic heterocycles. The van der Waals surface area contributed by atoms with Crippen LogP contribution in [0.15, 0.2) is 60.2 Å². The van der Waals surface area contributed by atoms with Gasteiger partial charge in [-0.2, -0.15) is 43.2 Å². The van der Waals surface area contributed by atoms with Crippen molar-refractivity contribution >= 4 is 43.8 Å². The standard InChI is InChI=1S/C20H16F6N4O6S2/c1-29-9-5-3-7-13(29)11-15(27-37(33,34)19(21,22)23)17(31)18(32)16(28-38(35,36)20(24,25)26)12-14-8-4-6-10-30(14)2/h3-12H,1-2H3/p+2. The molecule has 0 aliphatic rings. The number of nitrogens with one attached hydrogen (secondary N) is 2. The molecule has 0 saturated heterocycles. The van der Waals surface area contributed by atoms with E-state index in [0.29, 0.717) is 12.2 Å². The molecular weight excluding hydrogens is 570 g/mol. The van der Waals surface area contributed by atoms with Crippen LogP contribution in [0.3, 0.4) is 0 Å². The van der Waals surface area contributed by atoms with E-state index >= 15 is 0 Å². The second-order valence-corrected chi connectivity index (χ2v) is 10.7. The number of alkyl halides is 6. The van der Waals surface area contributed by atoms with Crippen molar-refractivity contribution in [3.05, 3.63) is 71.6 Å². The third-order valence-electron chi connectivity index (χ3n) is 4.57. The summed E-state index contributed by atoms with van der Waals surface area (Å²) in [6, 6.07) is 7.99. The Hall–Kier alpha value is -3.80. The maximum absolute atomic E-state index is 13.0. The number of ketones is 2. The molecular formula is C20H18F6N4O6S2+2. The number of halogens is 6. The van der Waals surface area contributed by atoms with Gasteiger partial charge in [-0.3, -0.25) is 19.0 Å². The summed E-state index contributed by atoms with van der Waals surface area (Å²) in [6.45, 7) is 0. The van der Waals surface area contributed by atoms with E-state index in [0.717, 1.165) is 9.44 Å². The number of carbonyl (C=O) groups excluding carboxylic acids is 2. The molecule has 18 heteroatoms. The van der Waals surface area contributed by atoms with Gasteiger partial charge < -0.3 is 0 Å². The Kier molecular flexibility index (Phi) is 8.73. The maximum atomic E-state index is 13.0. The summed E-state index contributed by atoms with van der Waals surface area (Å²) in [4.78, 5) is 25.9. The Balaban J connectivity index is 2.72. The first-order valence-corrected chi connectivity index (χ1v) is 12.8. The summed E-state index contributed by atoms with van der Waals surface area (Å²) >= 11 is 0. The molecule has 206 valence electrons. The number of hydrogen-bond acceptors (Lipinski definition) is 6. The zero-order valence-corrected chi connectivity index (χ0v) is 20.8. The maximum Gasteiger partial charge on any atom is 0.516 e. The van der Waals surface area contributed by atoms with Crippen LogP contribution in [-0.4, -0.2) is 39.4 Å². The lowest BCUT2D eigenvalue weighted by atomic mass is 10.1. The molecule has 10 nitrogen and oxygen atoms in total. The van der Waals surface area contributed by atoms with Crippen LogP contribution < -0.4 is 18.6 Å². The topological polar surface area (TPSA) is 134 Å². The predicted octanol–water partition coefficient (Wildman–Crippen LogP) is 0.734. The number of allylic oxidation sites excluding steroid dienone is 2. The van der Waals surface area contributed by atoms with E-state index in [-0.39, 0.29) is 11.4 Å². The number of hydrogen-bond donors (Lipinski definition) is 2. The average Bonchev–Trinajstić information content (AvgIpc) is 2.78. The molecule has 38 heavy (non-hydrogen) atoms. The number of Topliss-reactive ketones (excluding diaryl/α,β-unsaturated/α-hetero) is 2. The van der Waals surface area contributed by atoms with Gasteiger partial charge in [-0.05, 0) is 12.1 Å². The van der Waals surface area contributed by atoms with E-state index in [1.165, 1.54) is 72.0 Å². The fourth-order valence-corrected chi connectivity index (χ4v) is 3.72. The molecule has 2 rings (SSSR count). The fourth-order valence-electron chi connectivity index (χ4n) is 2.60. The molecule has 0 unspecified atom stereocenters. The van der Waals surface area contributed by atoms with Crippen molar-refractivity contribution in [2.75, 3.05) is 0 Å². The predicted molar refractivity (Wildman–Crippen MR) is 117 cm³/mol. The lowest BCUT2D eigenvalue weighted by molar-refractivity contribution is -0.673. The van der Waals surface area contributed by atoms with Crippen molar-refractivity contribution in [1.29, 1.82) is 0 Å². The lowest BCUT2D eigenvalue weighted by Crippen LogP contribution is -2.43. The van der Waals surface area contributed by atoms with Crippen LogP contribution in [0.2, 0.25) is 0 Å². The van der Waals surface area contributed by atoms with Crippen LogP contribution in [0.4, 0.5) is 26.3 Å². The molecule has 0 fully saturated rings. The van der Waals surface area contributed by atoms with E-state index < -0.39 is 54.0 Å². The summed E-state index contributed by atoms with van der Waals surface area (Å²) in [7, 11) is -9.92. The van der Waals surface area contributed by atoms with Gasteiger partial charge in [0.05, 0.1) is 0 Å². The highest BCUT2D eigenvalue weighted by Crippen LogP contribution is 2.25. The van der Waals surface area contributed by atoms with Crippen LogP contribution in [0.5, 0.6) is 0 Å². The quantitative estimate of drug-likeness (QED) is 0.192. The van der Waals surface area contributed by atoms with E-state index in [2.05, 4.69) is 0 Å². The van der Waals surface area contributed by atoms with Gasteiger partial charge in [-0.15, -0.1) is 0 Å². The number of pyridine rings is 2. The first-order valence-electron chi connectivity index (χ1n) is 9.87. The zero-order valence-electron chi connectivity index (χ0n) is 19.2. The monoisotopic (exact) mass is 588 g/mol. The van der Waals surface area contributed by atoms with Crippen LogP contribution >= 0.6 is 0 Å². The minimum Gasteiger partial charge on any atom is -0.283 e. The third kappa shape index (κ3) is 7.15. The summed E-state index contributed by atoms with van der Waals surface area (Å²) in [6.07, 6.45) is 3.71. The van der Waals surface area contributed by atoms with Gasteiger partial charge in [0.2, 0.25) is 11.4 Å². The smallest absolute Gasteiger partial charge is 0.283 e. The highest BCUT2D eigenvalue weighted by atomic mass is 32.2. The van der Waals surface area contributed by atoms with E-state index in [1.54, 1.807) is 0 Å². The number of carbonyl (C=O) groups is 2. The molecule has 2 heterocycles. The highest BCUT2D eigenvalue weighted by molar-refractivity contribution is 7.90. The minimum absolute atomic E-state index is 0.121. The molecule has 0 radical (unpaired) electrons. The van der Waals surface area contributed by atoms with Crippen LogP contribution in [0.25, 0.3) is 12.2 Å². The van der Waals surface area contributed by atoms with E-state index in [4.69, 9.17) is 0 Å².